The fourth-order valence-electron chi connectivity index (χ4n) is 1.48. The van der Waals surface area contributed by atoms with Crippen LogP contribution in [0.5, 0.6) is 0 Å². The maximum atomic E-state index is 5.11. The van der Waals surface area contributed by atoms with Crippen molar-refractivity contribution in [3.05, 3.63) is 10.8 Å². The Morgan fingerprint density at radius 1 is 1.22 bits per heavy atom. The molecule has 0 saturated carbocycles. The van der Waals surface area contributed by atoms with Crippen LogP contribution in [-0.4, -0.2) is 57.5 Å². The number of nitrogens with one attached hydrogen (secondary N) is 1. The number of hydrogen-bond donors (Lipinski definition) is 1. The highest BCUT2D eigenvalue weighted by molar-refractivity contribution is 9.10. The van der Waals surface area contributed by atoms with Crippen molar-refractivity contribution in [2.45, 2.75) is 0 Å². The zero-order valence-corrected chi connectivity index (χ0v) is 12.5. The van der Waals surface area contributed by atoms with Gasteiger partial charge < -0.3 is 19.7 Å². The van der Waals surface area contributed by atoms with E-state index in [1.165, 1.54) is 0 Å². The minimum atomic E-state index is 0.634. The lowest BCUT2D eigenvalue weighted by atomic mass is 10.4. The van der Waals surface area contributed by atoms with Crippen LogP contribution in [0, 0.1) is 0 Å². The normalized spacial score (nSPS) is 10.4. The Balaban J connectivity index is 2.88. The van der Waals surface area contributed by atoms with Crippen LogP contribution in [0.2, 0.25) is 0 Å². The fraction of sp³-hybridized carbons (Fsp3) is 0.636. The van der Waals surface area contributed by atoms with E-state index in [2.05, 4.69) is 36.1 Å². The molecule has 1 rings (SSSR count). The number of hydrogen-bond acceptors (Lipinski definition) is 6. The van der Waals surface area contributed by atoms with Crippen molar-refractivity contribution in [1.82, 2.24) is 9.97 Å². The molecular weight excluding hydrogens is 300 g/mol. The average Bonchev–Trinajstić information content (AvgIpc) is 2.40. The van der Waals surface area contributed by atoms with Crippen molar-refractivity contribution < 1.29 is 9.47 Å². The minimum Gasteiger partial charge on any atom is -0.383 e. The molecule has 0 atom stereocenters. The van der Waals surface area contributed by atoms with Gasteiger partial charge in [0.05, 0.1) is 13.2 Å². The number of ether oxygens (including phenoxy) is 2. The Hall–Kier alpha value is -0.920. The van der Waals surface area contributed by atoms with Crippen LogP contribution in [0.15, 0.2) is 10.8 Å². The molecule has 1 aromatic heterocycles. The van der Waals surface area contributed by atoms with E-state index in [0.29, 0.717) is 13.2 Å². The molecule has 6 nitrogen and oxygen atoms in total. The van der Waals surface area contributed by atoms with Gasteiger partial charge in [0.1, 0.15) is 22.4 Å². The molecule has 0 radical (unpaired) electrons. The molecule has 18 heavy (non-hydrogen) atoms. The van der Waals surface area contributed by atoms with Crippen molar-refractivity contribution in [3.63, 3.8) is 0 Å². The van der Waals surface area contributed by atoms with Gasteiger partial charge >= 0.3 is 0 Å². The summed E-state index contributed by atoms with van der Waals surface area (Å²) in [5.41, 5.74) is 0. The second-order valence-electron chi connectivity index (χ2n) is 3.58. The van der Waals surface area contributed by atoms with Crippen LogP contribution in [-0.2, 0) is 9.47 Å². The molecule has 7 heteroatoms. The van der Waals surface area contributed by atoms with E-state index < -0.39 is 0 Å². The highest BCUT2D eigenvalue weighted by atomic mass is 79.9. The van der Waals surface area contributed by atoms with Crippen LogP contribution in [0.1, 0.15) is 0 Å². The van der Waals surface area contributed by atoms with Crippen LogP contribution in [0.4, 0.5) is 11.6 Å². The number of anilines is 2. The molecule has 0 bridgehead atoms. The van der Waals surface area contributed by atoms with E-state index >= 15 is 0 Å². The van der Waals surface area contributed by atoms with Crippen molar-refractivity contribution in [2.75, 3.05) is 57.8 Å². The van der Waals surface area contributed by atoms with E-state index in [-0.39, 0.29) is 0 Å². The zero-order valence-electron chi connectivity index (χ0n) is 10.9. The first-order chi connectivity index (χ1) is 8.74. The quantitative estimate of drug-likeness (QED) is 0.781. The Labute approximate surface area is 116 Å². The summed E-state index contributed by atoms with van der Waals surface area (Å²) in [6.07, 6.45) is 1.54. The molecule has 0 unspecified atom stereocenters. The van der Waals surface area contributed by atoms with Gasteiger partial charge in [-0.05, 0) is 15.9 Å². The molecule has 0 fully saturated rings. The SMILES string of the molecule is CNc1ncnc(N(CCOC)CCOC)c1Br. The van der Waals surface area contributed by atoms with E-state index in [1.54, 1.807) is 20.5 Å². The van der Waals surface area contributed by atoms with Gasteiger partial charge in [0.25, 0.3) is 0 Å². The molecule has 0 aliphatic heterocycles. The van der Waals surface area contributed by atoms with Gasteiger partial charge in [-0.25, -0.2) is 9.97 Å². The van der Waals surface area contributed by atoms with Crippen molar-refractivity contribution in [3.8, 4) is 0 Å². The molecule has 1 aromatic rings. The summed E-state index contributed by atoms with van der Waals surface area (Å²) in [7, 11) is 5.19. The van der Waals surface area contributed by atoms with Gasteiger partial charge in [-0.2, -0.15) is 0 Å². The Kier molecular flexibility index (Phi) is 6.92. The number of halogens is 1. The smallest absolute Gasteiger partial charge is 0.148 e. The van der Waals surface area contributed by atoms with Gasteiger partial charge in [0.2, 0.25) is 0 Å². The first kappa shape index (κ1) is 15.1. The van der Waals surface area contributed by atoms with Crippen LogP contribution in [0.3, 0.4) is 0 Å². The van der Waals surface area contributed by atoms with Gasteiger partial charge in [-0.15, -0.1) is 0 Å². The number of nitrogens with zero attached hydrogens (tertiary/aromatic N) is 3. The number of aromatic nitrogens is 2. The van der Waals surface area contributed by atoms with Crippen molar-refractivity contribution in [1.29, 1.82) is 0 Å². The summed E-state index contributed by atoms with van der Waals surface area (Å²) >= 11 is 3.52. The highest BCUT2D eigenvalue weighted by Gasteiger charge is 2.14. The first-order valence-corrected chi connectivity index (χ1v) is 6.45. The van der Waals surface area contributed by atoms with Crippen LogP contribution in [0.25, 0.3) is 0 Å². The summed E-state index contributed by atoms with van der Waals surface area (Å²) in [5.74, 6) is 1.60. The summed E-state index contributed by atoms with van der Waals surface area (Å²) in [6.45, 7) is 2.77. The molecule has 1 N–H and O–H groups in total. The predicted molar refractivity (Wildman–Crippen MR) is 75.2 cm³/mol. The van der Waals surface area contributed by atoms with Crippen LogP contribution < -0.4 is 10.2 Å². The molecule has 0 amide bonds. The van der Waals surface area contributed by atoms with Gasteiger partial charge in [0.15, 0.2) is 0 Å². The monoisotopic (exact) mass is 318 g/mol. The van der Waals surface area contributed by atoms with E-state index in [9.17, 15) is 0 Å². The molecule has 0 saturated heterocycles. The molecule has 0 aromatic carbocycles. The highest BCUT2D eigenvalue weighted by Crippen LogP contribution is 2.28. The van der Waals surface area contributed by atoms with Crippen LogP contribution >= 0.6 is 15.9 Å². The van der Waals surface area contributed by atoms with Gasteiger partial charge in [-0.1, -0.05) is 0 Å². The van der Waals surface area contributed by atoms with Crippen molar-refractivity contribution in [2.24, 2.45) is 0 Å². The molecule has 102 valence electrons. The first-order valence-electron chi connectivity index (χ1n) is 5.65. The number of methoxy groups -OCH3 is 2. The topological polar surface area (TPSA) is 59.5 Å². The minimum absolute atomic E-state index is 0.634. The Morgan fingerprint density at radius 3 is 2.33 bits per heavy atom. The second-order valence-corrected chi connectivity index (χ2v) is 4.38. The predicted octanol–water partition coefficient (Wildman–Crippen LogP) is 1.38. The number of rotatable bonds is 8. The standard InChI is InChI=1S/C11H19BrN4O2/c1-13-10-9(12)11(15-8-14-10)16(4-6-17-2)5-7-18-3/h8H,4-7H2,1-3H3,(H,13,14,15). The second kappa shape index (κ2) is 8.23. The van der Waals surface area contributed by atoms with Gasteiger partial charge in [-0.3, -0.25) is 0 Å². The third-order valence-electron chi connectivity index (χ3n) is 2.44. The largest absolute Gasteiger partial charge is 0.383 e. The summed E-state index contributed by atoms with van der Waals surface area (Å²) in [4.78, 5) is 10.5. The third-order valence-corrected chi connectivity index (χ3v) is 3.17. The van der Waals surface area contributed by atoms with E-state index in [4.69, 9.17) is 9.47 Å². The summed E-state index contributed by atoms with van der Waals surface area (Å²) < 4.78 is 11.1. The molecule has 0 spiro atoms. The van der Waals surface area contributed by atoms with E-state index in [1.807, 2.05) is 7.05 Å². The maximum Gasteiger partial charge on any atom is 0.148 e. The fourth-order valence-corrected chi connectivity index (χ4v) is 2.14. The van der Waals surface area contributed by atoms with E-state index in [0.717, 1.165) is 29.2 Å². The lowest BCUT2D eigenvalue weighted by Crippen LogP contribution is -2.31. The average molecular weight is 319 g/mol. The molecule has 1 heterocycles. The lowest BCUT2D eigenvalue weighted by Gasteiger charge is -2.24. The maximum absolute atomic E-state index is 5.11. The third kappa shape index (κ3) is 4.08. The Morgan fingerprint density at radius 2 is 1.83 bits per heavy atom. The summed E-state index contributed by atoms with van der Waals surface area (Å²) in [5, 5.41) is 3.02. The molecule has 0 aliphatic rings. The molecular formula is C11H19BrN4O2. The van der Waals surface area contributed by atoms with Crippen molar-refractivity contribution >= 4 is 27.6 Å². The lowest BCUT2D eigenvalue weighted by molar-refractivity contribution is 0.190. The Bertz CT molecular complexity index is 357. The van der Waals surface area contributed by atoms with Gasteiger partial charge in [0, 0.05) is 34.4 Å². The summed E-state index contributed by atoms with van der Waals surface area (Å²) in [6, 6.07) is 0. The molecule has 0 aliphatic carbocycles. The zero-order chi connectivity index (χ0) is 13.4.